The highest BCUT2D eigenvalue weighted by atomic mass is 14.6. The van der Waals surface area contributed by atoms with Crippen LogP contribution in [0.4, 0.5) is 0 Å². The van der Waals surface area contributed by atoms with E-state index in [1.165, 1.54) is 33.4 Å². The van der Waals surface area contributed by atoms with E-state index in [1.54, 1.807) is 0 Å². The van der Waals surface area contributed by atoms with Crippen molar-refractivity contribution >= 4 is 0 Å². The van der Waals surface area contributed by atoms with Crippen LogP contribution in [-0.2, 0) is 0 Å². The molecule has 4 aromatic carbocycles. The summed E-state index contributed by atoms with van der Waals surface area (Å²) in [6.45, 7) is 2.11. The maximum Gasteiger partial charge on any atom is 0.0554 e. The van der Waals surface area contributed by atoms with E-state index >= 15 is 0 Å². The van der Waals surface area contributed by atoms with Gasteiger partial charge in [0.15, 0.2) is 0 Å². The molecule has 0 saturated carbocycles. The van der Waals surface area contributed by atoms with E-state index in [9.17, 15) is 0 Å². The summed E-state index contributed by atoms with van der Waals surface area (Å²) >= 11 is 0. The topological polar surface area (TPSA) is 26.0 Å². The van der Waals surface area contributed by atoms with Crippen molar-refractivity contribution in [2.24, 2.45) is 5.73 Å². The van der Waals surface area contributed by atoms with Gasteiger partial charge in [0, 0.05) is 0 Å². The van der Waals surface area contributed by atoms with Crippen LogP contribution >= 0.6 is 0 Å². The van der Waals surface area contributed by atoms with Crippen molar-refractivity contribution in [1.82, 2.24) is 0 Å². The van der Waals surface area contributed by atoms with Crippen LogP contribution < -0.4 is 5.73 Å². The first-order valence-electron chi connectivity index (χ1n) is 9.29. The fourth-order valence-corrected chi connectivity index (χ4v) is 3.51. The van der Waals surface area contributed by atoms with Crippen LogP contribution in [0.25, 0.3) is 22.3 Å². The first-order chi connectivity index (χ1) is 13.2. The maximum absolute atomic E-state index is 6.51. The Hall–Kier alpha value is -3.16. The van der Waals surface area contributed by atoms with Crippen molar-refractivity contribution < 1.29 is 0 Å². The Morgan fingerprint density at radius 2 is 1.11 bits per heavy atom. The minimum absolute atomic E-state index is 0.101. The first-order valence-corrected chi connectivity index (χ1v) is 9.29. The van der Waals surface area contributed by atoms with Crippen LogP contribution in [0.15, 0.2) is 103 Å². The molecular weight excluding hydrogens is 326 g/mol. The minimum Gasteiger partial charge on any atom is -0.320 e. The van der Waals surface area contributed by atoms with Crippen molar-refractivity contribution in [2.45, 2.75) is 13.0 Å². The van der Waals surface area contributed by atoms with Gasteiger partial charge in [-0.25, -0.2) is 0 Å². The van der Waals surface area contributed by atoms with Crippen LogP contribution in [0.1, 0.15) is 22.7 Å². The zero-order chi connectivity index (χ0) is 18.6. The molecule has 132 valence electrons. The fourth-order valence-electron chi connectivity index (χ4n) is 3.51. The average molecular weight is 349 g/mol. The summed E-state index contributed by atoms with van der Waals surface area (Å²) < 4.78 is 0. The summed E-state index contributed by atoms with van der Waals surface area (Å²) in [6, 6.07) is 36.0. The average Bonchev–Trinajstić information content (AvgIpc) is 2.74. The van der Waals surface area contributed by atoms with Gasteiger partial charge < -0.3 is 5.73 Å². The van der Waals surface area contributed by atoms with Crippen LogP contribution in [0.3, 0.4) is 0 Å². The highest BCUT2D eigenvalue weighted by molar-refractivity contribution is 5.73. The lowest BCUT2D eigenvalue weighted by molar-refractivity contribution is 0.862. The summed E-state index contributed by atoms with van der Waals surface area (Å²) in [5, 5.41) is 0. The summed E-state index contributed by atoms with van der Waals surface area (Å²) in [6.07, 6.45) is 0. The van der Waals surface area contributed by atoms with Crippen molar-refractivity contribution in [2.75, 3.05) is 0 Å². The van der Waals surface area contributed by atoms with Gasteiger partial charge in [0.2, 0.25) is 0 Å². The van der Waals surface area contributed by atoms with Gasteiger partial charge in [-0.2, -0.15) is 0 Å². The molecule has 2 N–H and O–H groups in total. The molecule has 0 spiro atoms. The molecule has 4 aromatic rings. The molecule has 0 radical (unpaired) electrons. The Morgan fingerprint density at radius 3 is 1.78 bits per heavy atom. The Labute approximate surface area is 161 Å². The molecule has 0 aliphatic rings. The second-order valence-electron chi connectivity index (χ2n) is 6.90. The van der Waals surface area contributed by atoms with Gasteiger partial charge >= 0.3 is 0 Å². The maximum atomic E-state index is 6.51. The van der Waals surface area contributed by atoms with Gasteiger partial charge in [0.05, 0.1) is 6.04 Å². The van der Waals surface area contributed by atoms with Gasteiger partial charge in [-0.15, -0.1) is 0 Å². The molecule has 1 nitrogen and oxygen atoms in total. The third-order valence-electron chi connectivity index (χ3n) is 5.10. The van der Waals surface area contributed by atoms with Crippen molar-refractivity contribution in [3.63, 3.8) is 0 Å². The summed E-state index contributed by atoms with van der Waals surface area (Å²) in [4.78, 5) is 0. The summed E-state index contributed by atoms with van der Waals surface area (Å²) in [7, 11) is 0. The van der Waals surface area contributed by atoms with Gasteiger partial charge in [-0.3, -0.25) is 0 Å². The standard InChI is InChI=1S/C26H23N/c1-19-8-5-6-13-25(19)26(27)22-16-14-21(15-17-22)24-12-7-11-23(18-24)20-9-3-2-4-10-20/h2-18,26H,27H2,1H3. The largest absolute Gasteiger partial charge is 0.320 e. The molecule has 0 heterocycles. The van der Waals surface area contributed by atoms with Crippen molar-refractivity contribution in [3.05, 3.63) is 120 Å². The van der Waals surface area contributed by atoms with Crippen LogP contribution in [0.2, 0.25) is 0 Å². The Balaban J connectivity index is 1.62. The quantitative estimate of drug-likeness (QED) is 0.455. The molecular formula is C26H23N. The third-order valence-corrected chi connectivity index (χ3v) is 5.10. The third kappa shape index (κ3) is 3.69. The van der Waals surface area contributed by atoms with E-state index in [0.29, 0.717) is 0 Å². The van der Waals surface area contributed by atoms with E-state index in [0.717, 1.165) is 5.56 Å². The van der Waals surface area contributed by atoms with Gasteiger partial charge in [0.25, 0.3) is 0 Å². The predicted octanol–water partition coefficient (Wildman–Crippen LogP) is 6.38. The van der Waals surface area contributed by atoms with E-state index in [4.69, 9.17) is 5.73 Å². The van der Waals surface area contributed by atoms with Crippen LogP contribution in [0.5, 0.6) is 0 Å². The number of benzene rings is 4. The number of rotatable bonds is 4. The van der Waals surface area contributed by atoms with Crippen molar-refractivity contribution in [3.8, 4) is 22.3 Å². The highest BCUT2D eigenvalue weighted by Gasteiger charge is 2.11. The SMILES string of the molecule is Cc1ccccc1C(N)c1ccc(-c2cccc(-c3ccccc3)c2)cc1. The second-order valence-corrected chi connectivity index (χ2v) is 6.90. The number of nitrogens with two attached hydrogens (primary N) is 1. The monoisotopic (exact) mass is 349 g/mol. The summed E-state index contributed by atoms with van der Waals surface area (Å²) in [5.74, 6) is 0. The molecule has 0 fully saturated rings. The predicted molar refractivity (Wildman–Crippen MR) is 115 cm³/mol. The minimum atomic E-state index is -0.101. The zero-order valence-electron chi connectivity index (χ0n) is 15.5. The van der Waals surface area contributed by atoms with E-state index in [1.807, 2.05) is 18.2 Å². The molecule has 1 heteroatoms. The van der Waals surface area contributed by atoms with Crippen LogP contribution in [0, 0.1) is 6.92 Å². The normalized spacial score (nSPS) is 11.9. The Morgan fingerprint density at radius 1 is 0.556 bits per heavy atom. The number of hydrogen-bond donors (Lipinski definition) is 1. The highest BCUT2D eigenvalue weighted by Crippen LogP contribution is 2.28. The zero-order valence-corrected chi connectivity index (χ0v) is 15.5. The molecule has 0 saturated heterocycles. The van der Waals surface area contributed by atoms with Gasteiger partial charge in [-0.05, 0) is 51.9 Å². The molecule has 1 unspecified atom stereocenters. The number of hydrogen-bond acceptors (Lipinski definition) is 1. The van der Waals surface area contributed by atoms with E-state index < -0.39 is 0 Å². The summed E-state index contributed by atoms with van der Waals surface area (Å²) in [5.41, 5.74) is 14.9. The van der Waals surface area contributed by atoms with Gasteiger partial charge in [0.1, 0.15) is 0 Å². The molecule has 1 atom stereocenters. The van der Waals surface area contributed by atoms with Gasteiger partial charge in [-0.1, -0.05) is 97.1 Å². The smallest absolute Gasteiger partial charge is 0.0554 e. The van der Waals surface area contributed by atoms with Crippen LogP contribution in [-0.4, -0.2) is 0 Å². The number of aryl methyl sites for hydroxylation is 1. The molecule has 4 rings (SSSR count). The first kappa shape index (κ1) is 17.3. The Bertz CT molecular complexity index is 1030. The lowest BCUT2D eigenvalue weighted by atomic mass is 9.93. The Kier molecular flexibility index (Phi) is 4.86. The van der Waals surface area contributed by atoms with Crippen molar-refractivity contribution in [1.29, 1.82) is 0 Å². The molecule has 0 amide bonds. The second kappa shape index (κ2) is 7.61. The molecule has 0 aliphatic heterocycles. The molecule has 0 aliphatic carbocycles. The molecule has 27 heavy (non-hydrogen) atoms. The van der Waals surface area contributed by atoms with E-state index in [-0.39, 0.29) is 6.04 Å². The lowest BCUT2D eigenvalue weighted by Gasteiger charge is -2.16. The molecule has 0 bridgehead atoms. The molecule has 0 aromatic heterocycles. The fraction of sp³-hybridized carbons (Fsp3) is 0.0769. The van der Waals surface area contributed by atoms with E-state index in [2.05, 4.69) is 91.9 Å². The lowest BCUT2D eigenvalue weighted by Crippen LogP contribution is -2.13.